The highest BCUT2D eigenvalue weighted by molar-refractivity contribution is 8.19. The maximum Gasteiger partial charge on any atom is 0.133 e. The van der Waals surface area contributed by atoms with Gasteiger partial charge in [0.1, 0.15) is 9.64 Å². The Hall–Kier alpha value is 0.290. The van der Waals surface area contributed by atoms with Gasteiger partial charge in [-0.2, -0.15) is 0 Å². The Balaban J connectivity index is 2.98. The molecule has 1 atom stereocenters. The van der Waals surface area contributed by atoms with Crippen molar-refractivity contribution < 1.29 is 8.39 Å². The maximum absolute atomic E-state index is 9.89. The van der Waals surface area contributed by atoms with E-state index in [-0.39, 0.29) is 0 Å². The van der Waals surface area contributed by atoms with E-state index in [0.717, 1.165) is 0 Å². The van der Waals surface area contributed by atoms with E-state index in [9.17, 15) is 4.21 Å². The van der Waals surface area contributed by atoms with Crippen molar-refractivity contribution >= 4 is 20.8 Å². The predicted molar refractivity (Wildman–Crippen MR) is 31.9 cm³/mol. The van der Waals surface area contributed by atoms with Crippen LogP contribution < -0.4 is 5.73 Å². The summed E-state index contributed by atoms with van der Waals surface area (Å²) in [7, 11) is -1.85. The van der Waals surface area contributed by atoms with Gasteiger partial charge in [-0.3, -0.25) is 4.18 Å². The lowest BCUT2D eigenvalue weighted by Crippen LogP contribution is -2.06. The van der Waals surface area contributed by atoms with Crippen LogP contribution >= 0.6 is 0 Å². The van der Waals surface area contributed by atoms with Crippen LogP contribution in [0.3, 0.4) is 0 Å². The molecule has 7 heavy (non-hydrogen) atoms. The van der Waals surface area contributed by atoms with Gasteiger partial charge in [-0.1, -0.05) is 0 Å². The minimum Gasteiger partial charge on any atom is -0.328 e. The summed E-state index contributed by atoms with van der Waals surface area (Å²) < 4.78 is 14.3. The summed E-state index contributed by atoms with van der Waals surface area (Å²) in [5.74, 6) is 0. The summed E-state index contributed by atoms with van der Waals surface area (Å²) in [6, 6.07) is 0. The average Bonchev–Trinajstić information content (AvgIpc) is 1.61. The van der Waals surface area contributed by atoms with E-state index in [4.69, 9.17) is 5.73 Å². The van der Waals surface area contributed by atoms with Crippen LogP contribution in [0.5, 0.6) is 0 Å². The highest BCUT2D eigenvalue weighted by atomic mass is 32.8. The quantitative estimate of drug-likeness (QED) is 0.486. The maximum atomic E-state index is 9.89. The van der Waals surface area contributed by atoms with Crippen LogP contribution in [0.1, 0.15) is 0 Å². The molecule has 0 aromatic heterocycles. The Labute approximate surface area is 48.8 Å². The van der Waals surface area contributed by atoms with Gasteiger partial charge in [-0.05, 0) is 0 Å². The first-order valence-electron chi connectivity index (χ1n) is 1.74. The summed E-state index contributed by atoms with van der Waals surface area (Å²) >= 11 is 4.18. The molecule has 0 aliphatic heterocycles. The van der Waals surface area contributed by atoms with Gasteiger partial charge in [0.2, 0.25) is 0 Å². The molecule has 0 saturated heterocycles. The first-order valence-corrected chi connectivity index (χ1v) is 3.94. The van der Waals surface area contributed by atoms with Gasteiger partial charge < -0.3 is 5.73 Å². The van der Waals surface area contributed by atoms with Gasteiger partial charge in [0.05, 0.1) is 6.61 Å². The third-order valence-corrected chi connectivity index (χ3v) is 1.02. The molecule has 5 heteroatoms. The van der Waals surface area contributed by atoms with Gasteiger partial charge in [0.25, 0.3) is 0 Å². The predicted octanol–water partition coefficient (Wildman–Crippen LogP) is -1.18. The number of hydrogen-bond acceptors (Lipinski definition) is 4. The Morgan fingerprint density at radius 1 is 1.86 bits per heavy atom. The van der Waals surface area contributed by atoms with Gasteiger partial charge >= 0.3 is 0 Å². The van der Waals surface area contributed by atoms with Crippen LogP contribution in [0.15, 0.2) is 0 Å². The van der Waals surface area contributed by atoms with Crippen LogP contribution in [-0.4, -0.2) is 17.4 Å². The zero-order chi connectivity index (χ0) is 5.70. The SMILES string of the molecule is NCCO[SH](=O)=S. The first-order chi connectivity index (χ1) is 3.27. The average molecular weight is 141 g/mol. The molecule has 0 aromatic rings. The van der Waals surface area contributed by atoms with Crippen LogP contribution in [0.2, 0.25) is 0 Å². The molecule has 0 rings (SSSR count). The van der Waals surface area contributed by atoms with Crippen molar-refractivity contribution in [1.82, 2.24) is 0 Å². The lowest BCUT2D eigenvalue weighted by Gasteiger charge is -1.87. The zero-order valence-electron chi connectivity index (χ0n) is 3.66. The fourth-order valence-electron chi connectivity index (χ4n) is 0.127. The number of rotatable bonds is 3. The molecule has 0 spiro atoms. The van der Waals surface area contributed by atoms with E-state index in [1.54, 1.807) is 0 Å². The number of thiol groups is 1. The smallest absolute Gasteiger partial charge is 0.133 e. The fourth-order valence-corrected chi connectivity index (χ4v) is 0.605. The van der Waals surface area contributed by atoms with E-state index in [1.807, 2.05) is 0 Å². The van der Waals surface area contributed by atoms with E-state index in [0.29, 0.717) is 13.2 Å². The molecule has 0 bridgehead atoms. The first kappa shape index (κ1) is 7.29. The van der Waals surface area contributed by atoms with Gasteiger partial charge in [0, 0.05) is 17.7 Å². The molecule has 44 valence electrons. The summed E-state index contributed by atoms with van der Waals surface area (Å²) in [6.45, 7) is 0.663. The highest BCUT2D eigenvalue weighted by Gasteiger charge is 1.76. The minimum absolute atomic E-state index is 0.290. The van der Waals surface area contributed by atoms with E-state index in [2.05, 4.69) is 15.4 Å². The number of hydrogen-bond donors (Lipinski definition) is 2. The Morgan fingerprint density at radius 3 is 2.57 bits per heavy atom. The van der Waals surface area contributed by atoms with Crippen LogP contribution in [-0.2, 0) is 25.0 Å². The van der Waals surface area contributed by atoms with Gasteiger partial charge in [0.15, 0.2) is 0 Å². The lowest BCUT2D eigenvalue weighted by molar-refractivity contribution is 0.369. The molecule has 0 saturated carbocycles. The molecule has 0 heterocycles. The molecule has 2 N–H and O–H groups in total. The summed E-state index contributed by atoms with van der Waals surface area (Å²) in [5, 5.41) is 0. The molecule has 0 fully saturated rings. The van der Waals surface area contributed by atoms with Crippen LogP contribution in [0.25, 0.3) is 0 Å². The van der Waals surface area contributed by atoms with Crippen molar-refractivity contribution in [3.63, 3.8) is 0 Å². The summed E-state index contributed by atoms with van der Waals surface area (Å²) in [4.78, 5) is 0. The molecule has 0 aromatic carbocycles. The van der Waals surface area contributed by atoms with E-state index < -0.39 is 9.64 Å². The Morgan fingerprint density at radius 2 is 2.43 bits per heavy atom. The summed E-state index contributed by atoms with van der Waals surface area (Å²) in [6.07, 6.45) is 0. The second kappa shape index (κ2) is 4.45. The molecule has 1 unspecified atom stereocenters. The van der Waals surface area contributed by atoms with Crippen molar-refractivity contribution in [3.8, 4) is 0 Å². The monoisotopic (exact) mass is 141 g/mol. The fraction of sp³-hybridized carbons (Fsp3) is 1.00. The Bertz CT molecular complexity index is 91.9. The Kier molecular flexibility index (Phi) is 4.63. The molecular weight excluding hydrogens is 134 g/mol. The van der Waals surface area contributed by atoms with Crippen LogP contribution in [0, 0.1) is 0 Å². The van der Waals surface area contributed by atoms with Crippen molar-refractivity contribution in [2.24, 2.45) is 5.73 Å². The van der Waals surface area contributed by atoms with E-state index >= 15 is 0 Å². The van der Waals surface area contributed by atoms with Gasteiger partial charge in [-0.25, -0.2) is 4.21 Å². The topological polar surface area (TPSA) is 52.3 Å². The zero-order valence-corrected chi connectivity index (χ0v) is 5.37. The van der Waals surface area contributed by atoms with Crippen molar-refractivity contribution in [3.05, 3.63) is 0 Å². The molecule has 0 amide bonds. The minimum atomic E-state index is -1.85. The van der Waals surface area contributed by atoms with Crippen molar-refractivity contribution in [2.45, 2.75) is 0 Å². The summed E-state index contributed by atoms with van der Waals surface area (Å²) in [5.41, 5.74) is 4.98. The lowest BCUT2D eigenvalue weighted by atomic mass is 10.8. The standard InChI is InChI=1S/C2H7NO2S2/c3-1-2-5-7(4)6/h7H,1-3H2. The van der Waals surface area contributed by atoms with E-state index in [1.165, 1.54) is 0 Å². The second-order valence-electron chi connectivity index (χ2n) is 0.846. The van der Waals surface area contributed by atoms with Crippen molar-refractivity contribution in [1.29, 1.82) is 0 Å². The molecular formula is C2H7NO2S2. The molecule has 0 aliphatic carbocycles. The largest absolute Gasteiger partial charge is 0.328 e. The van der Waals surface area contributed by atoms with Crippen LogP contribution in [0.4, 0.5) is 0 Å². The normalized spacial score (nSPS) is 13.9. The number of nitrogens with two attached hydrogens (primary N) is 1. The molecule has 0 radical (unpaired) electrons. The molecule has 0 aliphatic rings. The van der Waals surface area contributed by atoms with Gasteiger partial charge in [-0.15, -0.1) is 0 Å². The van der Waals surface area contributed by atoms with Crippen molar-refractivity contribution in [2.75, 3.05) is 13.2 Å². The second-order valence-corrected chi connectivity index (χ2v) is 2.45. The third-order valence-electron chi connectivity index (χ3n) is 0.315. The highest BCUT2D eigenvalue weighted by Crippen LogP contribution is 1.67. The molecule has 3 nitrogen and oxygen atoms in total. The third kappa shape index (κ3) is 6.29.